The van der Waals surface area contributed by atoms with Gasteiger partial charge in [-0.15, -0.1) is 0 Å². The Morgan fingerprint density at radius 3 is 2.65 bits per heavy atom. The average molecular weight is 320 g/mol. The zero-order valence-corrected chi connectivity index (χ0v) is 12.5. The van der Waals surface area contributed by atoms with Crippen LogP contribution < -0.4 is 4.74 Å². The Morgan fingerprint density at radius 1 is 1.40 bits per heavy atom. The Morgan fingerprint density at radius 2 is 2.10 bits per heavy atom. The third kappa shape index (κ3) is 4.65. The fraction of sp³-hybridized carbons (Fsp3) is 0.462. The summed E-state index contributed by atoms with van der Waals surface area (Å²) in [4.78, 5) is 20.8. The molecule has 0 bridgehead atoms. The Balaban J connectivity index is 2.91. The molecular formula is C13H15Cl2NO4. The fourth-order valence-corrected chi connectivity index (χ4v) is 1.85. The van der Waals surface area contributed by atoms with E-state index in [9.17, 15) is 14.9 Å². The van der Waals surface area contributed by atoms with Crippen LogP contribution in [0, 0.1) is 10.1 Å². The van der Waals surface area contributed by atoms with Crippen LogP contribution in [0.5, 0.6) is 5.75 Å². The fourth-order valence-electron chi connectivity index (χ4n) is 1.60. The van der Waals surface area contributed by atoms with Crippen LogP contribution >= 0.6 is 23.2 Å². The van der Waals surface area contributed by atoms with E-state index in [1.165, 1.54) is 12.1 Å². The topological polar surface area (TPSA) is 69.4 Å². The van der Waals surface area contributed by atoms with Crippen LogP contribution in [0.3, 0.4) is 0 Å². The maximum atomic E-state index is 11.6. The molecule has 0 fully saturated rings. The van der Waals surface area contributed by atoms with Crippen LogP contribution in [-0.4, -0.2) is 22.1 Å². The van der Waals surface area contributed by atoms with E-state index in [4.69, 9.17) is 27.9 Å². The van der Waals surface area contributed by atoms with Gasteiger partial charge < -0.3 is 4.74 Å². The van der Waals surface area contributed by atoms with Crippen molar-refractivity contribution in [2.24, 2.45) is 0 Å². The van der Waals surface area contributed by atoms with Crippen molar-refractivity contribution in [3.63, 3.8) is 0 Å². The van der Waals surface area contributed by atoms with Gasteiger partial charge in [0.15, 0.2) is 16.4 Å². The van der Waals surface area contributed by atoms with Crippen molar-refractivity contribution in [3.05, 3.63) is 33.9 Å². The number of nitro groups is 1. The molecule has 0 radical (unpaired) electrons. The summed E-state index contributed by atoms with van der Waals surface area (Å²) in [5.74, 6) is -0.433. The number of nitro benzene ring substituents is 1. The van der Waals surface area contributed by atoms with E-state index in [1.54, 1.807) is 0 Å². The third-order valence-electron chi connectivity index (χ3n) is 2.64. The molecule has 0 saturated heterocycles. The number of ketones is 1. The maximum absolute atomic E-state index is 11.6. The van der Waals surface area contributed by atoms with Gasteiger partial charge in [-0.3, -0.25) is 14.9 Å². The quantitative estimate of drug-likeness (QED) is 0.237. The summed E-state index contributed by atoms with van der Waals surface area (Å²) in [6, 6.07) is 3.95. The van der Waals surface area contributed by atoms with Gasteiger partial charge in [0.05, 0.1) is 11.5 Å². The zero-order chi connectivity index (χ0) is 15.1. The minimum atomic E-state index is -1.24. The summed E-state index contributed by atoms with van der Waals surface area (Å²) in [7, 11) is 0. The van der Waals surface area contributed by atoms with Crippen molar-refractivity contribution in [3.8, 4) is 5.75 Å². The van der Waals surface area contributed by atoms with Gasteiger partial charge in [0, 0.05) is 11.6 Å². The lowest BCUT2D eigenvalue weighted by Gasteiger charge is -2.08. The summed E-state index contributed by atoms with van der Waals surface area (Å²) in [6.07, 6.45) is 2.84. The Kier molecular flexibility index (Phi) is 6.75. The highest BCUT2D eigenvalue weighted by atomic mass is 35.5. The van der Waals surface area contributed by atoms with Crippen LogP contribution in [0.2, 0.25) is 0 Å². The van der Waals surface area contributed by atoms with Gasteiger partial charge in [-0.25, -0.2) is 0 Å². The second kappa shape index (κ2) is 8.07. The van der Waals surface area contributed by atoms with E-state index in [-0.39, 0.29) is 17.0 Å². The molecule has 0 aliphatic carbocycles. The molecule has 1 aromatic rings. The number of hydrogen-bond acceptors (Lipinski definition) is 4. The van der Waals surface area contributed by atoms with E-state index in [1.807, 2.05) is 0 Å². The first-order valence-corrected chi connectivity index (χ1v) is 7.08. The highest BCUT2D eigenvalue weighted by Crippen LogP contribution is 2.29. The SMILES string of the molecule is CCCCCOc1ccc(C(=O)C(Cl)Cl)cc1[N+](=O)[O-]. The normalized spacial score (nSPS) is 10.6. The number of ether oxygens (including phenoxy) is 1. The van der Waals surface area contributed by atoms with Crippen molar-refractivity contribution in [1.82, 2.24) is 0 Å². The molecule has 0 aliphatic rings. The molecule has 110 valence electrons. The first kappa shape index (κ1) is 16.7. The standard InChI is InChI=1S/C13H15Cl2NO4/c1-2-3-4-7-20-11-6-5-9(12(17)13(14)15)8-10(11)16(18)19/h5-6,8,13H,2-4,7H2,1H3. The average Bonchev–Trinajstić information content (AvgIpc) is 2.42. The first-order chi connectivity index (χ1) is 9.47. The lowest BCUT2D eigenvalue weighted by atomic mass is 10.1. The molecule has 0 heterocycles. The molecule has 0 amide bonds. The summed E-state index contributed by atoms with van der Waals surface area (Å²) in [5.41, 5.74) is -0.172. The van der Waals surface area contributed by atoms with E-state index >= 15 is 0 Å². The summed E-state index contributed by atoms with van der Waals surface area (Å²) in [6.45, 7) is 2.45. The minimum Gasteiger partial charge on any atom is -0.487 e. The number of rotatable bonds is 8. The van der Waals surface area contributed by atoms with Crippen molar-refractivity contribution in [2.45, 2.75) is 31.0 Å². The summed E-state index contributed by atoms with van der Waals surface area (Å²) < 4.78 is 5.38. The number of Topliss-reactive ketones (excluding diaryl/α,β-unsaturated/α-hetero) is 1. The van der Waals surface area contributed by atoms with Crippen molar-refractivity contribution >= 4 is 34.7 Å². The highest BCUT2D eigenvalue weighted by Gasteiger charge is 2.21. The molecule has 0 N–H and O–H groups in total. The van der Waals surface area contributed by atoms with Gasteiger partial charge in [0.1, 0.15) is 0 Å². The van der Waals surface area contributed by atoms with Gasteiger partial charge in [-0.1, -0.05) is 43.0 Å². The molecular weight excluding hydrogens is 305 g/mol. The maximum Gasteiger partial charge on any atom is 0.311 e. The number of unbranched alkanes of at least 4 members (excludes halogenated alkanes) is 2. The number of alkyl halides is 2. The number of halogens is 2. The number of carbonyl (C=O) groups is 1. The second-order valence-corrected chi connectivity index (χ2v) is 5.26. The van der Waals surface area contributed by atoms with Gasteiger partial charge in [0.25, 0.3) is 0 Å². The van der Waals surface area contributed by atoms with Crippen LogP contribution in [0.15, 0.2) is 18.2 Å². The van der Waals surface area contributed by atoms with Crippen LogP contribution in [0.25, 0.3) is 0 Å². The zero-order valence-electron chi connectivity index (χ0n) is 11.0. The lowest BCUT2D eigenvalue weighted by molar-refractivity contribution is -0.385. The largest absolute Gasteiger partial charge is 0.487 e. The second-order valence-electron chi connectivity index (χ2n) is 4.16. The predicted octanol–water partition coefficient (Wildman–Crippen LogP) is 4.15. The smallest absolute Gasteiger partial charge is 0.311 e. The van der Waals surface area contributed by atoms with Crippen molar-refractivity contribution < 1.29 is 14.5 Å². The molecule has 0 unspecified atom stereocenters. The van der Waals surface area contributed by atoms with Crippen LogP contribution in [-0.2, 0) is 0 Å². The predicted molar refractivity (Wildman–Crippen MR) is 77.9 cm³/mol. The minimum absolute atomic E-state index is 0.0904. The van der Waals surface area contributed by atoms with Crippen LogP contribution in [0.1, 0.15) is 36.5 Å². The molecule has 1 rings (SSSR count). The molecule has 5 nitrogen and oxygen atoms in total. The van der Waals surface area contributed by atoms with Crippen molar-refractivity contribution in [1.29, 1.82) is 0 Å². The first-order valence-electron chi connectivity index (χ1n) is 6.21. The molecule has 1 aromatic carbocycles. The third-order valence-corrected chi connectivity index (χ3v) is 3.04. The van der Waals surface area contributed by atoms with Gasteiger partial charge in [-0.05, 0) is 18.6 Å². The van der Waals surface area contributed by atoms with Gasteiger partial charge in [0.2, 0.25) is 0 Å². The van der Waals surface area contributed by atoms with E-state index in [2.05, 4.69) is 6.92 Å². The molecule has 0 spiro atoms. The van der Waals surface area contributed by atoms with Crippen LogP contribution in [0.4, 0.5) is 5.69 Å². The molecule has 0 atom stereocenters. The summed E-state index contributed by atoms with van der Waals surface area (Å²) in [5, 5.41) is 11.0. The molecule has 0 aromatic heterocycles. The Bertz CT molecular complexity index is 491. The number of benzene rings is 1. The highest BCUT2D eigenvalue weighted by molar-refractivity contribution is 6.55. The molecule has 0 saturated carbocycles. The number of nitrogens with zero attached hydrogens (tertiary/aromatic N) is 1. The summed E-state index contributed by atoms with van der Waals surface area (Å²) >= 11 is 10.9. The van der Waals surface area contributed by atoms with Gasteiger partial charge in [-0.2, -0.15) is 0 Å². The molecule has 7 heteroatoms. The van der Waals surface area contributed by atoms with Crippen molar-refractivity contribution in [2.75, 3.05) is 6.61 Å². The Labute approximate surface area is 127 Å². The Hall–Kier alpha value is -1.33. The number of carbonyl (C=O) groups excluding carboxylic acids is 1. The monoisotopic (exact) mass is 319 g/mol. The number of hydrogen-bond donors (Lipinski definition) is 0. The van der Waals surface area contributed by atoms with E-state index in [0.29, 0.717) is 6.61 Å². The molecule has 0 aliphatic heterocycles. The van der Waals surface area contributed by atoms with Gasteiger partial charge >= 0.3 is 5.69 Å². The van der Waals surface area contributed by atoms with E-state index in [0.717, 1.165) is 25.3 Å². The lowest BCUT2D eigenvalue weighted by Crippen LogP contribution is -2.09. The van der Waals surface area contributed by atoms with E-state index < -0.39 is 15.5 Å². The molecule has 20 heavy (non-hydrogen) atoms.